The van der Waals surface area contributed by atoms with E-state index in [0.717, 1.165) is 16.9 Å². The molecule has 2 aromatic rings. The summed E-state index contributed by atoms with van der Waals surface area (Å²) >= 11 is 0. The molecule has 0 aliphatic rings. The lowest BCUT2D eigenvalue weighted by Crippen LogP contribution is -2.06. The van der Waals surface area contributed by atoms with E-state index in [2.05, 4.69) is 0 Å². The third-order valence-electron chi connectivity index (χ3n) is 3.01. The molecule has 0 radical (unpaired) electrons. The van der Waals surface area contributed by atoms with Gasteiger partial charge in [0.1, 0.15) is 12.4 Å². The molecular weight excluding hydrogens is 257 g/mol. The fourth-order valence-electron chi connectivity index (χ4n) is 1.84. The van der Waals surface area contributed by atoms with Crippen LogP contribution in [-0.4, -0.2) is 7.11 Å². The molecule has 0 amide bonds. The number of hydrogen-bond donors (Lipinski definition) is 1. The molecule has 4 heteroatoms. The fraction of sp³-hybridized carbons (Fsp3) is 0.250. The van der Waals surface area contributed by atoms with Crippen LogP contribution in [0.4, 0.5) is 4.39 Å². The van der Waals surface area contributed by atoms with E-state index in [-0.39, 0.29) is 18.4 Å². The molecule has 106 valence electrons. The van der Waals surface area contributed by atoms with Gasteiger partial charge in [-0.1, -0.05) is 18.2 Å². The van der Waals surface area contributed by atoms with E-state index in [4.69, 9.17) is 15.2 Å². The topological polar surface area (TPSA) is 44.5 Å². The highest BCUT2D eigenvalue weighted by Gasteiger charge is 2.07. The van der Waals surface area contributed by atoms with Gasteiger partial charge < -0.3 is 15.2 Å². The van der Waals surface area contributed by atoms with Gasteiger partial charge in [-0.3, -0.25) is 0 Å². The van der Waals surface area contributed by atoms with Gasteiger partial charge in [-0.2, -0.15) is 0 Å². The van der Waals surface area contributed by atoms with Crippen molar-refractivity contribution in [1.29, 1.82) is 0 Å². The molecule has 2 rings (SSSR count). The maximum atomic E-state index is 13.9. The molecule has 0 aliphatic carbocycles. The molecule has 2 N–H and O–H groups in total. The second kappa shape index (κ2) is 6.39. The molecule has 0 unspecified atom stereocenters. The van der Waals surface area contributed by atoms with E-state index >= 15 is 0 Å². The Kier molecular flexibility index (Phi) is 4.58. The van der Waals surface area contributed by atoms with Crippen LogP contribution < -0.4 is 15.2 Å². The summed E-state index contributed by atoms with van der Waals surface area (Å²) < 4.78 is 24.5. The Morgan fingerprint density at radius 1 is 1.20 bits per heavy atom. The zero-order chi connectivity index (χ0) is 14.5. The minimum Gasteiger partial charge on any atom is -0.497 e. The minimum atomic E-state index is -0.400. The van der Waals surface area contributed by atoms with E-state index in [1.165, 1.54) is 6.07 Å². The number of hydrogen-bond acceptors (Lipinski definition) is 3. The SMILES string of the molecule is COc1cccc(COc2ccc([C@@H](C)N)cc2F)c1. The first-order valence-electron chi connectivity index (χ1n) is 6.41. The largest absolute Gasteiger partial charge is 0.497 e. The maximum absolute atomic E-state index is 13.9. The number of ether oxygens (including phenoxy) is 2. The number of nitrogens with two attached hydrogens (primary N) is 1. The summed E-state index contributed by atoms with van der Waals surface area (Å²) in [6.45, 7) is 2.09. The molecular formula is C16H18FNO2. The first-order chi connectivity index (χ1) is 9.60. The van der Waals surface area contributed by atoms with Crippen molar-refractivity contribution < 1.29 is 13.9 Å². The molecule has 0 saturated carbocycles. The summed E-state index contributed by atoms with van der Waals surface area (Å²) in [5.41, 5.74) is 7.37. The van der Waals surface area contributed by atoms with Gasteiger partial charge in [0, 0.05) is 6.04 Å². The third-order valence-corrected chi connectivity index (χ3v) is 3.01. The summed E-state index contributed by atoms with van der Waals surface area (Å²) in [4.78, 5) is 0. The molecule has 0 saturated heterocycles. The zero-order valence-electron chi connectivity index (χ0n) is 11.6. The van der Waals surface area contributed by atoms with Crippen molar-refractivity contribution in [3.8, 4) is 11.5 Å². The van der Waals surface area contributed by atoms with Crippen LogP contribution in [0.25, 0.3) is 0 Å². The molecule has 1 atom stereocenters. The molecule has 2 aromatic carbocycles. The molecule has 0 aliphatic heterocycles. The molecule has 20 heavy (non-hydrogen) atoms. The van der Waals surface area contributed by atoms with Gasteiger partial charge in [0.05, 0.1) is 7.11 Å². The quantitative estimate of drug-likeness (QED) is 0.909. The lowest BCUT2D eigenvalue weighted by molar-refractivity contribution is 0.289. The Hall–Kier alpha value is -2.07. The van der Waals surface area contributed by atoms with Gasteiger partial charge in [-0.25, -0.2) is 4.39 Å². The van der Waals surface area contributed by atoms with Crippen molar-refractivity contribution >= 4 is 0 Å². The normalized spacial score (nSPS) is 12.0. The molecule has 0 aromatic heterocycles. The predicted molar refractivity (Wildman–Crippen MR) is 76.3 cm³/mol. The van der Waals surface area contributed by atoms with Gasteiger partial charge in [0.2, 0.25) is 0 Å². The molecule has 0 fully saturated rings. The van der Waals surface area contributed by atoms with Crippen molar-refractivity contribution in [2.45, 2.75) is 19.6 Å². The Balaban J connectivity index is 2.07. The van der Waals surface area contributed by atoms with Gasteiger partial charge in [-0.05, 0) is 42.3 Å². The number of methoxy groups -OCH3 is 1. The maximum Gasteiger partial charge on any atom is 0.165 e. The van der Waals surface area contributed by atoms with Crippen LogP contribution in [0.5, 0.6) is 11.5 Å². The Morgan fingerprint density at radius 2 is 2.00 bits per heavy atom. The highest BCUT2D eigenvalue weighted by Crippen LogP contribution is 2.22. The van der Waals surface area contributed by atoms with Gasteiger partial charge >= 0.3 is 0 Å². The van der Waals surface area contributed by atoms with Crippen molar-refractivity contribution in [2.75, 3.05) is 7.11 Å². The summed E-state index contributed by atoms with van der Waals surface area (Å²) in [5, 5.41) is 0. The predicted octanol–water partition coefficient (Wildman–Crippen LogP) is 3.43. The van der Waals surface area contributed by atoms with Crippen LogP contribution in [0.2, 0.25) is 0 Å². The lowest BCUT2D eigenvalue weighted by Gasteiger charge is -2.11. The summed E-state index contributed by atoms with van der Waals surface area (Å²) in [5.74, 6) is 0.568. The van der Waals surface area contributed by atoms with E-state index in [1.807, 2.05) is 31.2 Å². The molecule has 0 heterocycles. The average Bonchev–Trinajstić information content (AvgIpc) is 2.46. The fourth-order valence-corrected chi connectivity index (χ4v) is 1.84. The standard InChI is InChI=1S/C16H18FNO2/c1-11(18)13-6-7-16(15(17)9-13)20-10-12-4-3-5-14(8-12)19-2/h3-9,11H,10,18H2,1-2H3/t11-/m1/s1. The van der Waals surface area contributed by atoms with E-state index in [9.17, 15) is 4.39 Å². The monoisotopic (exact) mass is 275 g/mol. The van der Waals surface area contributed by atoms with Crippen molar-refractivity contribution in [3.63, 3.8) is 0 Å². The van der Waals surface area contributed by atoms with Crippen LogP contribution >= 0.6 is 0 Å². The highest BCUT2D eigenvalue weighted by molar-refractivity contribution is 5.32. The Morgan fingerprint density at radius 3 is 2.65 bits per heavy atom. The highest BCUT2D eigenvalue weighted by atomic mass is 19.1. The average molecular weight is 275 g/mol. The summed E-state index contributed by atoms with van der Waals surface area (Å²) in [6, 6.07) is 12.1. The Labute approximate surface area is 118 Å². The Bertz CT molecular complexity index is 584. The second-order valence-corrected chi connectivity index (χ2v) is 4.62. The van der Waals surface area contributed by atoms with Gasteiger partial charge in [-0.15, -0.1) is 0 Å². The molecule has 3 nitrogen and oxygen atoms in total. The second-order valence-electron chi connectivity index (χ2n) is 4.62. The molecule has 0 spiro atoms. The number of benzene rings is 2. The summed E-state index contributed by atoms with van der Waals surface area (Å²) in [6.07, 6.45) is 0. The zero-order valence-corrected chi connectivity index (χ0v) is 11.6. The van der Waals surface area contributed by atoms with E-state index in [0.29, 0.717) is 0 Å². The smallest absolute Gasteiger partial charge is 0.165 e. The van der Waals surface area contributed by atoms with E-state index in [1.54, 1.807) is 19.2 Å². The third kappa shape index (κ3) is 3.48. The van der Waals surface area contributed by atoms with Gasteiger partial charge in [0.25, 0.3) is 0 Å². The molecule has 0 bridgehead atoms. The number of rotatable bonds is 5. The van der Waals surface area contributed by atoms with E-state index < -0.39 is 5.82 Å². The first kappa shape index (κ1) is 14.3. The van der Waals surface area contributed by atoms with Crippen LogP contribution in [0, 0.1) is 5.82 Å². The van der Waals surface area contributed by atoms with Crippen molar-refractivity contribution in [2.24, 2.45) is 5.73 Å². The summed E-state index contributed by atoms with van der Waals surface area (Å²) in [7, 11) is 1.60. The number of halogens is 1. The van der Waals surface area contributed by atoms with Crippen LogP contribution in [0.15, 0.2) is 42.5 Å². The first-order valence-corrected chi connectivity index (χ1v) is 6.41. The van der Waals surface area contributed by atoms with Crippen molar-refractivity contribution in [1.82, 2.24) is 0 Å². The van der Waals surface area contributed by atoms with Crippen molar-refractivity contribution in [3.05, 3.63) is 59.4 Å². The van der Waals surface area contributed by atoms with Crippen LogP contribution in [0.3, 0.4) is 0 Å². The van der Waals surface area contributed by atoms with Crippen LogP contribution in [0.1, 0.15) is 24.1 Å². The van der Waals surface area contributed by atoms with Gasteiger partial charge in [0.15, 0.2) is 11.6 Å². The van der Waals surface area contributed by atoms with Crippen LogP contribution in [-0.2, 0) is 6.61 Å². The minimum absolute atomic E-state index is 0.197. The lowest BCUT2D eigenvalue weighted by atomic mass is 10.1.